The van der Waals surface area contributed by atoms with Gasteiger partial charge < -0.3 is 14.2 Å². The Balaban J connectivity index is 1.35. The average Bonchev–Trinajstić information content (AvgIpc) is 3.41. The number of amides is 1. The quantitative estimate of drug-likeness (QED) is 0.255. The maximum atomic E-state index is 12.3. The Morgan fingerprint density at radius 1 is 1.12 bits per heavy atom. The van der Waals surface area contributed by atoms with Gasteiger partial charge in [0.15, 0.2) is 0 Å². The highest BCUT2D eigenvalue weighted by Crippen LogP contribution is 2.35. The summed E-state index contributed by atoms with van der Waals surface area (Å²) in [7, 11) is 0. The summed E-state index contributed by atoms with van der Waals surface area (Å²) in [4.78, 5) is 23.7. The molecule has 8 heteroatoms. The Kier molecular flexibility index (Phi) is 7.15. The first-order valence-electron chi connectivity index (χ1n) is 12.0. The Hall–Kier alpha value is -2.45. The predicted octanol–water partition coefficient (Wildman–Crippen LogP) is 6.92. The molecule has 1 saturated heterocycles. The summed E-state index contributed by atoms with van der Waals surface area (Å²) in [5, 5.41) is 0. The number of benzene rings is 1. The molecule has 1 aliphatic rings. The molecule has 4 heterocycles. The molecule has 0 atom stereocenters. The van der Waals surface area contributed by atoms with Crippen molar-refractivity contribution in [2.45, 2.75) is 58.6 Å². The van der Waals surface area contributed by atoms with Crippen LogP contribution in [0.25, 0.3) is 21.3 Å². The summed E-state index contributed by atoms with van der Waals surface area (Å²) in [6.45, 7) is 4.88. The number of fused-ring (bicyclic) bond motifs is 3. The van der Waals surface area contributed by atoms with Crippen LogP contribution in [-0.2, 0) is 24.3 Å². The molecule has 178 valence electrons. The molecule has 6 nitrogen and oxygen atoms in total. The number of imidazole rings is 1. The Morgan fingerprint density at radius 3 is 2.65 bits per heavy atom. The van der Waals surface area contributed by atoms with E-state index >= 15 is 0 Å². The molecule has 4 aromatic rings. The maximum absolute atomic E-state index is 12.3. The number of piperidine rings is 1. The third-order valence-electron chi connectivity index (χ3n) is 6.39. The monoisotopic (exact) mass is 540 g/mol. The normalized spacial score (nSPS) is 14.2. The molecule has 1 fully saturated rings. The lowest BCUT2D eigenvalue weighted by molar-refractivity contribution is 0.0894. The molecule has 0 unspecified atom stereocenters. The van der Waals surface area contributed by atoms with Crippen LogP contribution in [0.5, 0.6) is 0 Å². The molecule has 0 bridgehead atoms. The number of carbonyl (C=O) groups excluding carboxylic acids is 1. The summed E-state index contributed by atoms with van der Waals surface area (Å²) < 4.78 is 10.1. The number of ether oxygens (including phenoxy) is 1. The van der Waals surface area contributed by atoms with Crippen molar-refractivity contribution in [1.29, 1.82) is 0 Å². The van der Waals surface area contributed by atoms with E-state index in [2.05, 4.69) is 62.7 Å². The molecule has 3 aromatic heterocycles. The summed E-state index contributed by atoms with van der Waals surface area (Å²) in [6.07, 6.45) is 8.21. The molecule has 34 heavy (non-hydrogen) atoms. The zero-order chi connectivity index (χ0) is 23.5. The first-order chi connectivity index (χ1) is 16.6. The lowest BCUT2D eigenvalue weighted by Crippen LogP contribution is -2.35. The van der Waals surface area contributed by atoms with Gasteiger partial charge in [0.05, 0.1) is 25.7 Å². The Morgan fingerprint density at radius 2 is 1.88 bits per heavy atom. The summed E-state index contributed by atoms with van der Waals surface area (Å²) in [6, 6.07) is 10.4. The SMILES string of the molecule is CCCCc1nc2cnc3cc(Br)sc3c2n1Cc1ccc(COC(=O)N2CCCCC2)cc1. The third kappa shape index (κ3) is 4.98. The van der Waals surface area contributed by atoms with Crippen LogP contribution in [0.15, 0.2) is 40.3 Å². The number of hydrogen-bond acceptors (Lipinski definition) is 5. The molecular weight excluding hydrogens is 512 g/mol. The van der Waals surface area contributed by atoms with Gasteiger partial charge >= 0.3 is 6.09 Å². The Bertz CT molecular complexity index is 1290. The van der Waals surface area contributed by atoms with Crippen LogP contribution in [0.4, 0.5) is 4.79 Å². The molecule has 0 aliphatic carbocycles. The summed E-state index contributed by atoms with van der Waals surface area (Å²) in [5.41, 5.74) is 5.31. The van der Waals surface area contributed by atoms with E-state index in [0.717, 1.165) is 83.5 Å². The van der Waals surface area contributed by atoms with Crippen molar-refractivity contribution in [3.8, 4) is 0 Å². The molecule has 5 rings (SSSR count). The van der Waals surface area contributed by atoms with Crippen LogP contribution in [0, 0.1) is 0 Å². The number of unbranched alkanes of at least 4 members (excludes halogenated alkanes) is 1. The fourth-order valence-corrected chi connectivity index (χ4v) is 6.13. The number of aryl methyl sites for hydroxylation is 1. The average molecular weight is 542 g/mol. The van der Waals surface area contributed by atoms with E-state index in [1.165, 1.54) is 16.7 Å². The predicted molar refractivity (Wildman–Crippen MR) is 140 cm³/mol. The number of aromatic nitrogens is 3. The van der Waals surface area contributed by atoms with Gasteiger partial charge in [-0.1, -0.05) is 37.6 Å². The molecule has 0 saturated carbocycles. The van der Waals surface area contributed by atoms with Gasteiger partial charge in [0.2, 0.25) is 0 Å². The molecule has 0 radical (unpaired) electrons. The van der Waals surface area contributed by atoms with Gasteiger partial charge in [-0.25, -0.2) is 9.78 Å². The van der Waals surface area contributed by atoms with Crippen molar-refractivity contribution >= 4 is 54.6 Å². The fourth-order valence-electron chi connectivity index (χ4n) is 4.53. The van der Waals surface area contributed by atoms with Gasteiger partial charge in [0.1, 0.15) is 17.9 Å². The second kappa shape index (κ2) is 10.4. The van der Waals surface area contributed by atoms with E-state index in [1.54, 1.807) is 11.3 Å². The first kappa shape index (κ1) is 23.3. The topological polar surface area (TPSA) is 60.2 Å². The van der Waals surface area contributed by atoms with Crippen molar-refractivity contribution in [2.75, 3.05) is 13.1 Å². The highest BCUT2D eigenvalue weighted by atomic mass is 79.9. The standard InChI is InChI=1S/C26H29BrN4O2S/c1-2-3-7-23-29-21-15-28-20-14-22(27)34-25(20)24(21)31(23)16-18-8-10-19(11-9-18)17-33-26(32)30-12-5-4-6-13-30/h8-11,14-15H,2-7,12-13,16-17H2,1H3. The van der Waals surface area contributed by atoms with Crippen molar-refractivity contribution in [1.82, 2.24) is 19.4 Å². The van der Waals surface area contributed by atoms with Gasteiger partial charge in [0.25, 0.3) is 0 Å². The highest BCUT2D eigenvalue weighted by molar-refractivity contribution is 9.11. The largest absolute Gasteiger partial charge is 0.445 e. The molecular formula is C26H29BrN4O2S. The molecule has 1 aliphatic heterocycles. The number of thiophene rings is 1. The van der Waals surface area contributed by atoms with E-state index in [9.17, 15) is 4.79 Å². The van der Waals surface area contributed by atoms with Crippen LogP contribution in [0.3, 0.4) is 0 Å². The van der Waals surface area contributed by atoms with E-state index in [-0.39, 0.29) is 6.09 Å². The van der Waals surface area contributed by atoms with Crippen molar-refractivity contribution < 1.29 is 9.53 Å². The third-order valence-corrected chi connectivity index (χ3v) is 8.03. The number of likely N-dealkylation sites (tertiary alicyclic amines) is 1. The van der Waals surface area contributed by atoms with Crippen molar-refractivity contribution in [3.63, 3.8) is 0 Å². The van der Waals surface area contributed by atoms with Gasteiger partial charge in [0, 0.05) is 26.1 Å². The van der Waals surface area contributed by atoms with Crippen molar-refractivity contribution in [2.24, 2.45) is 0 Å². The minimum absolute atomic E-state index is 0.200. The second-order valence-corrected chi connectivity index (χ2v) is 11.3. The molecule has 0 N–H and O–H groups in total. The number of pyridine rings is 1. The van der Waals surface area contributed by atoms with Crippen LogP contribution < -0.4 is 0 Å². The number of rotatable bonds is 7. The number of carbonyl (C=O) groups is 1. The summed E-state index contributed by atoms with van der Waals surface area (Å²) in [5.74, 6) is 1.11. The van der Waals surface area contributed by atoms with E-state index in [4.69, 9.17) is 9.72 Å². The molecule has 0 spiro atoms. The number of hydrogen-bond donors (Lipinski definition) is 0. The van der Waals surface area contributed by atoms with Crippen LogP contribution >= 0.6 is 27.3 Å². The second-order valence-electron chi connectivity index (χ2n) is 8.89. The van der Waals surface area contributed by atoms with Gasteiger partial charge in [-0.15, -0.1) is 11.3 Å². The minimum Gasteiger partial charge on any atom is -0.445 e. The van der Waals surface area contributed by atoms with Gasteiger partial charge in [-0.2, -0.15) is 0 Å². The minimum atomic E-state index is -0.200. The van der Waals surface area contributed by atoms with Crippen LogP contribution in [0.2, 0.25) is 0 Å². The number of halogens is 1. The molecule has 1 aromatic carbocycles. The van der Waals surface area contributed by atoms with Gasteiger partial charge in [-0.05, 0) is 58.8 Å². The number of nitrogens with zero attached hydrogens (tertiary/aromatic N) is 4. The summed E-state index contributed by atoms with van der Waals surface area (Å²) >= 11 is 5.33. The van der Waals surface area contributed by atoms with E-state index < -0.39 is 0 Å². The smallest absolute Gasteiger partial charge is 0.410 e. The van der Waals surface area contributed by atoms with Gasteiger partial charge in [-0.3, -0.25) is 4.98 Å². The zero-order valence-electron chi connectivity index (χ0n) is 19.4. The lowest BCUT2D eigenvalue weighted by atomic mass is 10.1. The fraction of sp³-hybridized carbons (Fsp3) is 0.423. The Labute approximate surface area is 212 Å². The van der Waals surface area contributed by atoms with E-state index in [0.29, 0.717) is 6.61 Å². The first-order valence-corrected chi connectivity index (χ1v) is 13.7. The van der Waals surface area contributed by atoms with Crippen molar-refractivity contribution in [3.05, 3.63) is 57.3 Å². The molecule has 1 amide bonds. The lowest BCUT2D eigenvalue weighted by Gasteiger charge is -2.25. The highest BCUT2D eigenvalue weighted by Gasteiger charge is 2.18. The van der Waals surface area contributed by atoms with Crippen LogP contribution in [0.1, 0.15) is 56.0 Å². The maximum Gasteiger partial charge on any atom is 0.410 e. The van der Waals surface area contributed by atoms with E-state index in [1.807, 2.05) is 11.1 Å². The van der Waals surface area contributed by atoms with Crippen LogP contribution in [-0.4, -0.2) is 38.6 Å². The zero-order valence-corrected chi connectivity index (χ0v) is 21.8.